The molecule has 0 saturated carbocycles. The Labute approximate surface area is 112 Å². The van der Waals surface area contributed by atoms with E-state index in [0.29, 0.717) is 11.5 Å². The first-order chi connectivity index (χ1) is 8.09. The van der Waals surface area contributed by atoms with E-state index < -0.39 is 0 Å². The molecule has 0 aromatic carbocycles. The highest BCUT2D eigenvalue weighted by molar-refractivity contribution is 5.73. The van der Waals surface area contributed by atoms with E-state index in [1.165, 1.54) is 0 Å². The maximum atomic E-state index is 11.3. The van der Waals surface area contributed by atoms with Gasteiger partial charge in [-0.15, -0.1) is 0 Å². The van der Waals surface area contributed by atoms with Gasteiger partial charge in [0.2, 0.25) is 5.91 Å². The third-order valence-electron chi connectivity index (χ3n) is 3.51. The number of hydrogen-bond acceptors (Lipinski definition) is 2. The zero-order valence-corrected chi connectivity index (χ0v) is 13.0. The molecule has 1 saturated heterocycles. The maximum absolute atomic E-state index is 11.3. The molecule has 0 aromatic rings. The number of likely N-dealkylation sites (tertiary alicyclic amines) is 1. The summed E-state index contributed by atoms with van der Waals surface area (Å²) in [5.41, 5.74) is 0.512. The third-order valence-corrected chi connectivity index (χ3v) is 3.51. The SMILES string of the molecule is CC(=O)N1CCC(NC(C)(C)CC(C)(C)C)CC1. The number of hydrogen-bond donors (Lipinski definition) is 1. The molecule has 1 rings (SSSR count). The van der Waals surface area contributed by atoms with Crippen LogP contribution in [-0.2, 0) is 4.79 Å². The fourth-order valence-electron chi connectivity index (χ4n) is 3.27. The molecular formula is C15H30N2O. The van der Waals surface area contributed by atoms with Crippen LogP contribution in [0.15, 0.2) is 0 Å². The minimum Gasteiger partial charge on any atom is -0.343 e. The van der Waals surface area contributed by atoms with Gasteiger partial charge in [-0.05, 0) is 38.5 Å². The molecule has 3 nitrogen and oxygen atoms in total. The summed E-state index contributed by atoms with van der Waals surface area (Å²) in [6.07, 6.45) is 3.31. The second-order valence-corrected chi connectivity index (χ2v) is 7.55. The molecule has 1 aliphatic heterocycles. The lowest BCUT2D eigenvalue weighted by molar-refractivity contribution is -0.129. The van der Waals surface area contributed by atoms with Gasteiger partial charge in [0.1, 0.15) is 0 Å². The van der Waals surface area contributed by atoms with Gasteiger partial charge in [0.05, 0.1) is 0 Å². The first-order valence-electron chi connectivity index (χ1n) is 7.12. The van der Waals surface area contributed by atoms with Crippen LogP contribution >= 0.6 is 0 Å². The van der Waals surface area contributed by atoms with Crippen LogP contribution in [0.1, 0.15) is 60.8 Å². The van der Waals surface area contributed by atoms with Crippen LogP contribution in [0, 0.1) is 5.41 Å². The summed E-state index contributed by atoms with van der Waals surface area (Å²) in [6.45, 7) is 14.9. The summed E-state index contributed by atoms with van der Waals surface area (Å²) in [5.74, 6) is 0.211. The Morgan fingerprint density at radius 2 is 1.67 bits per heavy atom. The van der Waals surface area contributed by atoms with Crippen LogP contribution in [0.3, 0.4) is 0 Å². The van der Waals surface area contributed by atoms with Gasteiger partial charge in [0, 0.05) is 31.6 Å². The molecule has 0 unspecified atom stereocenters. The number of nitrogens with zero attached hydrogens (tertiary/aromatic N) is 1. The highest BCUT2D eigenvalue weighted by Crippen LogP contribution is 2.28. The molecule has 1 N–H and O–H groups in total. The van der Waals surface area contributed by atoms with E-state index in [-0.39, 0.29) is 11.4 Å². The van der Waals surface area contributed by atoms with Crippen molar-refractivity contribution in [2.24, 2.45) is 5.41 Å². The maximum Gasteiger partial charge on any atom is 0.219 e. The number of piperidine rings is 1. The summed E-state index contributed by atoms with van der Waals surface area (Å²) in [5, 5.41) is 3.77. The molecule has 1 fully saturated rings. The van der Waals surface area contributed by atoms with E-state index in [0.717, 1.165) is 32.4 Å². The lowest BCUT2D eigenvalue weighted by Crippen LogP contribution is -2.52. The molecule has 3 heteroatoms. The Balaban J connectivity index is 2.42. The number of carbonyl (C=O) groups is 1. The number of amides is 1. The van der Waals surface area contributed by atoms with E-state index in [1.54, 1.807) is 6.92 Å². The predicted octanol–water partition coefficient (Wildman–Crippen LogP) is 2.80. The lowest BCUT2D eigenvalue weighted by Gasteiger charge is -2.40. The smallest absolute Gasteiger partial charge is 0.219 e. The lowest BCUT2D eigenvalue weighted by atomic mass is 9.81. The average Bonchev–Trinajstić information content (AvgIpc) is 2.13. The van der Waals surface area contributed by atoms with Gasteiger partial charge in [-0.2, -0.15) is 0 Å². The Morgan fingerprint density at radius 3 is 2.06 bits per heavy atom. The van der Waals surface area contributed by atoms with Crippen LogP contribution < -0.4 is 5.32 Å². The summed E-state index contributed by atoms with van der Waals surface area (Å²) in [4.78, 5) is 13.2. The molecule has 1 amide bonds. The zero-order valence-electron chi connectivity index (χ0n) is 13.0. The summed E-state index contributed by atoms with van der Waals surface area (Å²) in [6, 6.07) is 0.554. The van der Waals surface area contributed by atoms with Crippen LogP contribution in [0.5, 0.6) is 0 Å². The van der Waals surface area contributed by atoms with E-state index in [2.05, 4.69) is 39.9 Å². The fraction of sp³-hybridized carbons (Fsp3) is 0.933. The largest absolute Gasteiger partial charge is 0.343 e. The van der Waals surface area contributed by atoms with Crippen molar-refractivity contribution in [3.05, 3.63) is 0 Å². The van der Waals surface area contributed by atoms with Gasteiger partial charge in [-0.1, -0.05) is 20.8 Å². The Morgan fingerprint density at radius 1 is 1.17 bits per heavy atom. The third kappa shape index (κ3) is 5.38. The van der Waals surface area contributed by atoms with Crippen molar-refractivity contribution >= 4 is 5.91 Å². The predicted molar refractivity (Wildman–Crippen MR) is 76.6 cm³/mol. The van der Waals surface area contributed by atoms with Crippen LogP contribution in [-0.4, -0.2) is 35.5 Å². The Hall–Kier alpha value is -0.570. The van der Waals surface area contributed by atoms with Gasteiger partial charge in [-0.3, -0.25) is 4.79 Å². The molecule has 18 heavy (non-hydrogen) atoms. The molecule has 0 aromatic heterocycles. The quantitative estimate of drug-likeness (QED) is 0.840. The van der Waals surface area contributed by atoms with E-state index in [1.807, 2.05) is 4.90 Å². The molecule has 0 aliphatic carbocycles. The number of nitrogens with one attached hydrogen (secondary N) is 1. The van der Waals surface area contributed by atoms with Gasteiger partial charge in [-0.25, -0.2) is 0 Å². The molecule has 0 spiro atoms. The molecule has 1 heterocycles. The van der Waals surface area contributed by atoms with Gasteiger partial charge < -0.3 is 10.2 Å². The van der Waals surface area contributed by atoms with Crippen molar-refractivity contribution in [3.8, 4) is 0 Å². The average molecular weight is 254 g/mol. The van der Waals surface area contributed by atoms with Crippen LogP contribution in [0.4, 0.5) is 0 Å². The molecule has 1 aliphatic rings. The Bertz CT molecular complexity index is 283. The van der Waals surface area contributed by atoms with Crippen molar-refractivity contribution in [1.29, 1.82) is 0 Å². The van der Waals surface area contributed by atoms with E-state index >= 15 is 0 Å². The highest BCUT2D eigenvalue weighted by atomic mass is 16.2. The summed E-state index contributed by atoms with van der Waals surface area (Å²) < 4.78 is 0. The van der Waals surface area contributed by atoms with Gasteiger partial charge >= 0.3 is 0 Å². The fourth-order valence-corrected chi connectivity index (χ4v) is 3.27. The minimum atomic E-state index is 0.168. The van der Waals surface area contributed by atoms with E-state index in [4.69, 9.17) is 0 Å². The van der Waals surface area contributed by atoms with Crippen LogP contribution in [0.2, 0.25) is 0 Å². The van der Waals surface area contributed by atoms with Gasteiger partial charge in [0.15, 0.2) is 0 Å². The first kappa shape index (κ1) is 15.5. The highest BCUT2D eigenvalue weighted by Gasteiger charge is 2.29. The molecule has 0 atom stereocenters. The topological polar surface area (TPSA) is 32.3 Å². The monoisotopic (exact) mass is 254 g/mol. The second-order valence-electron chi connectivity index (χ2n) is 7.55. The standard InChI is InChI=1S/C15H30N2O/c1-12(18)17-9-7-13(8-10-17)16-15(5,6)11-14(2,3)4/h13,16H,7-11H2,1-6H3. The number of carbonyl (C=O) groups excluding carboxylic acids is 1. The molecule has 0 bridgehead atoms. The Kier molecular flexibility index (Phi) is 4.82. The van der Waals surface area contributed by atoms with Crippen molar-refractivity contribution in [2.75, 3.05) is 13.1 Å². The first-order valence-corrected chi connectivity index (χ1v) is 7.12. The minimum absolute atomic E-state index is 0.168. The van der Waals surface area contributed by atoms with Crippen molar-refractivity contribution in [2.45, 2.75) is 72.4 Å². The van der Waals surface area contributed by atoms with Crippen molar-refractivity contribution < 1.29 is 4.79 Å². The zero-order chi connectivity index (χ0) is 14.0. The number of rotatable bonds is 3. The summed E-state index contributed by atoms with van der Waals surface area (Å²) in [7, 11) is 0. The van der Waals surface area contributed by atoms with E-state index in [9.17, 15) is 4.79 Å². The van der Waals surface area contributed by atoms with Crippen LogP contribution in [0.25, 0.3) is 0 Å². The van der Waals surface area contributed by atoms with Gasteiger partial charge in [0.25, 0.3) is 0 Å². The molecule has 0 radical (unpaired) electrons. The van der Waals surface area contributed by atoms with Crippen molar-refractivity contribution in [1.82, 2.24) is 10.2 Å². The second kappa shape index (κ2) is 5.60. The molecule has 106 valence electrons. The normalized spacial score (nSPS) is 19.1. The summed E-state index contributed by atoms with van der Waals surface area (Å²) >= 11 is 0. The van der Waals surface area contributed by atoms with Crippen molar-refractivity contribution in [3.63, 3.8) is 0 Å². The molecular weight excluding hydrogens is 224 g/mol.